The molecule has 0 aliphatic heterocycles. The van der Waals surface area contributed by atoms with Gasteiger partial charge in [0.05, 0.1) is 14.2 Å². The maximum absolute atomic E-state index is 10.6. The van der Waals surface area contributed by atoms with E-state index in [1.807, 2.05) is 18.2 Å². The van der Waals surface area contributed by atoms with Gasteiger partial charge in [-0.2, -0.15) is 0 Å². The number of hydrogen-bond acceptors (Lipinski definition) is 4. The normalized spacial score (nSPS) is 9.82. The summed E-state index contributed by atoms with van der Waals surface area (Å²) in [5.74, 6) is 1.33. The lowest BCUT2D eigenvalue weighted by Crippen LogP contribution is -2.36. The van der Waals surface area contributed by atoms with E-state index in [1.54, 1.807) is 14.2 Å². The Bertz CT molecular complexity index is 380. The van der Waals surface area contributed by atoms with E-state index in [0.29, 0.717) is 18.0 Å². The molecule has 0 spiro atoms. The van der Waals surface area contributed by atoms with Crippen LogP contribution in [0.4, 0.5) is 0 Å². The van der Waals surface area contributed by atoms with Gasteiger partial charge in [-0.25, -0.2) is 5.43 Å². The molecule has 1 rings (SSSR count). The monoisotopic (exact) mass is 238 g/mol. The summed E-state index contributed by atoms with van der Waals surface area (Å²) in [6.07, 6.45) is 0.792. The Hall–Kier alpha value is -1.75. The molecule has 0 saturated heterocycles. The van der Waals surface area contributed by atoms with Crippen LogP contribution in [0.2, 0.25) is 0 Å². The summed E-state index contributed by atoms with van der Waals surface area (Å²) in [4.78, 5) is 10.6. The molecule has 17 heavy (non-hydrogen) atoms. The van der Waals surface area contributed by atoms with Gasteiger partial charge in [-0.1, -0.05) is 6.07 Å². The number of hydrogen-bond donors (Lipinski definition) is 2. The average Bonchev–Trinajstić information content (AvgIpc) is 2.34. The molecule has 0 fully saturated rings. The van der Waals surface area contributed by atoms with Crippen LogP contribution in [-0.2, 0) is 11.2 Å². The number of carbonyl (C=O) groups is 1. The second-order valence-corrected chi connectivity index (χ2v) is 3.55. The van der Waals surface area contributed by atoms with Gasteiger partial charge < -0.3 is 9.47 Å². The van der Waals surface area contributed by atoms with Crippen LogP contribution in [0.25, 0.3) is 0 Å². The van der Waals surface area contributed by atoms with Gasteiger partial charge in [0.2, 0.25) is 5.91 Å². The molecule has 5 heteroatoms. The highest BCUT2D eigenvalue weighted by Crippen LogP contribution is 2.27. The lowest BCUT2D eigenvalue weighted by molar-refractivity contribution is -0.119. The van der Waals surface area contributed by atoms with Crippen molar-refractivity contribution in [1.82, 2.24) is 10.9 Å². The lowest BCUT2D eigenvalue weighted by atomic mass is 10.1. The molecule has 1 aromatic carbocycles. The third kappa shape index (κ3) is 4.32. The minimum absolute atomic E-state index is 0.0997. The van der Waals surface area contributed by atoms with Gasteiger partial charge >= 0.3 is 0 Å². The van der Waals surface area contributed by atoms with Crippen molar-refractivity contribution in [2.24, 2.45) is 0 Å². The van der Waals surface area contributed by atoms with Crippen LogP contribution in [0.5, 0.6) is 11.5 Å². The second kappa shape index (κ2) is 6.75. The fourth-order valence-electron chi connectivity index (χ4n) is 1.43. The number of rotatable bonds is 6. The van der Waals surface area contributed by atoms with Gasteiger partial charge in [-0.3, -0.25) is 10.2 Å². The molecule has 0 aliphatic rings. The highest BCUT2D eigenvalue weighted by atomic mass is 16.5. The highest BCUT2D eigenvalue weighted by molar-refractivity contribution is 5.72. The summed E-state index contributed by atoms with van der Waals surface area (Å²) >= 11 is 0. The van der Waals surface area contributed by atoms with Crippen LogP contribution in [0, 0.1) is 0 Å². The van der Waals surface area contributed by atoms with E-state index in [1.165, 1.54) is 6.92 Å². The van der Waals surface area contributed by atoms with E-state index in [9.17, 15) is 4.79 Å². The van der Waals surface area contributed by atoms with Crippen LogP contribution < -0.4 is 20.3 Å². The van der Waals surface area contributed by atoms with Crippen LogP contribution in [0.15, 0.2) is 18.2 Å². The van der Waals surface area contributed by atoms with Crippen molar-refractivity contribution in [2.75, 3.05) is 20.8 Å². The lowest BCUT2D eigenvalue weighted by Gasteiger charge is -2.10. The Morgan fingerprint density at radius 3 is 2.53 bits per heavy atom. The van der Waals surface area contributed by atoms with E-state index in [-0.39, 0.29) is 5.91 Å². The number of methoxy groups -OCH3 is 2. The average molecular weight is 238 g/mol. The zero-order valence-corrected chi connectivity index (χ0v) is 10.4. The van der Waals surface area contributed by atoms with Crippen molar-refractivity contribution in [3.05, 3.63) is 23.8 Å². The summed E-state index contributed by atoms with van der Waals surface area (Å²) in [6, 6.07) is 5.76. The zero-order valence-electron chi connectivity index (χ0n) is 10.4. The Labute approximate surface area is 101 Å². The summed E-state index contributed by atoms with van der Waals surface area (Å²) in [6.45, 7) is 2.12. The Morgan fingerprint density at radius 1 is 1.24 bits per heavy atom. The summed E-state index contributed by atoms with van der Waals surface area (Å²) in [5.41, 5.74) is 6.46. The first kappa shape index (κ1) is 13.3. The molecule has 0 unspecified atom stereocenters. The second-order valence-electron chi connectivity index (χ2n) is 3.55. The number of benzene rings is 1. The molecule has 0 aliphatic carbocycles. The first-order valence-corrected chi connectivity index (χ1v) is 5.37. The van der Waals surface area contributed by atoms with Gasteiger partial charge in [0.1, 0.15) is 0 Å². The minimum atomic E-state index is -0.0997. The molecule has 0 aromatic heterocycles. The van der Waals surface area contributed by atoms with E-state index < -0.39 is 0 Å². The summed E-state index contributed by atoms with van der Waals surface area (Å²) in [5, 5.41) is 0. The first-order valence-electron chi connectivity index (χ1n) is 5.37. The largest absolute Gasteiger partial charge is 0.493 e. The van der Waals surface area contributed by atoms with Crippen molar-refractivity contribution < 1.29 is 14.3 Å². The van der Waals surface area contributed by atoms with Crippen LogP contribution in [0.3, 0.4) is 0 Å². The van der Waals surface area contributed by atoms with E-state index in [0.717, 1.165) is 12.0 Å². The van der Waals surface area contributed by atoms with Gasteiger partial charge in [-0.15, -0.1) is 0 Å². The van der Waals surface area contributed by atoms with Crippen molar-refractivity contribution in [2.45, 2.75) is 13.3 Å². The summed E-state index contributed by atoms with van der Waals surface area (Å²) < 4.78 is 10.4. The molecule has 1 amide bonds. The van der Waals surface area contributed by atoms with Crippen LogP contribution in [-0.4, -0.2) is 26.7 Å². The fraction of sp³-hybridized carbons (Fsp3) is 0.417. The molecule has 0 radical (unpaired) electrons. The number of amides is 1. The number of carbonyl (C=O) groups excluding carboxylic acids is 1. The van der Waals surface area contributed by atoms with Gasteiger partial charge in [0.25, 0.3) is 0 Å². The molecule has 0 heterocycles. The zero-order chi connectivity index (χ0) is 12.7. The quantitative estimate of drug-likeness (QED) is 0.570. The number of ether oxygens (including phenoxy) is 2. The molecule has 0 saturated carbocycles. The predicted octanol–water partition coefficient (Wildman–Crippen LogP) is 0.887. The first-order chi connectivity index (χ1) is 8.17. The van der Waals surface area contributed by atoms with E-state index in [2.05, 4.69) is 10.9 Å². The molecule has 5 nitrogen and oxygen atoms in total. The third-order valence-corrected chi connectivity index (χ3v) is 2.25. The van der Waals surface area contributed by atoms with Crippen molar-refractivity contribution in [3.8, 4) is 11.5 Å². The molecular formula is C12H18N2O3. The fourth-order valence-corrected chi connectivity index (χ4v) is 1.43. The highest BCUT2D eigenvalue weighted by Gasteiger charge is 2.04. The van der Waals surface area contributed by atoms with Crippen molar-refractivity contribution >= 4 is 5.91 Å². The molecule has 2 N–H and O–H groups in total. The van der Waals surface area contributed by atoms with Gasteiger partial charge in [0.15, 0.2) is 11.5 Å². The smallest absolute Gasteiger partial charge is 0.230 e. The molecule has 0 bridgehead atoms. The van der Waals surface area contributed by atoms with E-state index in [4.69, 9.17) is 9.47 Å². The van der Waals surface area contributed by atoms with Crippen molar-refractivity contribution in [3.63, 3.8) is 0 Å². The number of nitrogens with one attached hydrogen (secondary N) is 2. The summed E-state index contributed by atoms with van der Waals surface area (Å²) in [7, 11) is 3.22. The van der Waals surface area contributed by atoms with Gasteiger partial charge in [-0.05, 0) is 24.1 Å². The Morgan fingerprint density at radius 2 is 1.94 bits per heavy atom. The maximum atomic E-state index is 10.6. The molecule has 94 valence electrons. The Kier molecular flexibility index (Phi) is 5.29. The molecule has 1 aromatic rings. The maximum Gasteiger partial charge on any atom is 0.230 e. The SMILES string of the molecule is COc1ccc(CCNNC(C)=O)cc1OC. The standard InChI is InChI=1S/C12H18N2O3/c1-9(15)14-13-7-6-10-4-5-11(16-2)12(8-10)17-3/h4-5,8,13H,6-7H2,1-3H3,(H,14,15). The topological polar surface area (TPSA) is 59.6 Å². The predicted molar refractivity (Wildman–Crippen MR) is 65.1 cm³/mol. The van der Waals surface area contributed by atoms with Crippen LogP contribution >= 0.6 is 0 Å². The van der Waals surface area contributed by atoms with Crippen molar-refractivity contribution in [1.29, 1.82) is 0 Å². The molecule has 0 atom stereocenters. The third-order valence-electron chi connectivity index (χ3n) is 2.25. The minimum Gasteiger partial charge on any atom is -0.493 e. The Balaban J connectivity index is 2.51. The van der Waals surface area contributed by atoms with Crippen LogP contribution in [0.1, 0.15) is 12.5 Å². The van der Waals surface area contributed by atoms with Gasteiger partial charge in [0, 0.05) is 13.5 Å². The number of hydrazine groups is 1. The molecular weight excluding hydrogens is 220 g/mol. The van der Waals surface area contributed by atoms with E-state index >= 15 is 0 Å².